The van der Waals surface area contributed by atoms with Crippen molar-refractivity contribution >= 4 is 45.7 Å². The van der Waals surface area contributed by atoms with Gasteiger partial charge in [-0.05, 0) is 62.4 Å². The number of benzene rings is 3. The van der Waals surface area contributed by atoms with Crippen molar-refractivity contribution < 1.29 is 18.7 Å². The summed E-state index contributed by atoms with van der Waals surface area (Å²) in [5.74, 6) is 0.516. The molecule has 0 atom stereocenters. The van der Waals surface area contributed by atoms with Gasteiger partial charge in [-0.3, -0.25) is 4.79 Å². The Morgan fingerprint density at radius 3 is 2.73 bits per heavy atom. The molecule has 0 aliphatic heterocycles. The smallest absolute Gasteiger partial charge is 0.344 e. The van der Waals surface area contributed by atoms with E-state index in [0.29, 0.717) is 38.6 Å². The average molecular weight is 516 g/mol. The van der Waals surface area contributed by atoms with Crippen LogP contribution in [0.25, 0.3) is 33.5 Å². The van der Waals surface area contributed by atoms with Crippen LogP contribution in [0.1, 0.15) is 19.4 Å². The predicted octanol–water partition coefficient (Wildman–Crippen LogP) is 5.68. The van der Waals surface area contributed by atoms with Crippen LogP contribution in [0.4, 0.5) is 0 Å². The largest absolute Gasteiger partial charge is 0.481 e. The number of ether oxygens (including phenoxy) is 2. The molecule has 0 unspecified atom stereocenters. The molecule has 0 amide bonds. The number of para-hydroxylation sites is 2. The molecule has 9 heteroatoms. The molecule has 8 nitrogen and oxygen atoms in total. The van der Waals surface area contributed by atoms with E-state index in [1.165, 1.54) is 10.9 Å². The molecule has 0 saturated heterocycles. The van der Waals surface area contributed by atoms with Gasteiger partial charge in [0.25, 0.3) is 5.56 Å². The lowest BCUT2D eigenvalue weighted by Crippen LogP contribution is -2.20. The summed E-state index contributed by atoms with van der Waals surface area (Å²) in [7, 11) is 0. The topological polar surface area (TPSA) is 95.9 Å². The third-order valence-corrected chi connectivity index (χ3v) is 5.63. The maximum atomic E-state index is 13.5. The van der Waals surface area contributed by atoms with Gasteiger partial charge in [0.2, 0.25) is 5.82 Å². The van der Waals surface area contributed by atoms with Gasteiger partial charge in [0.05, 0.1) is 23.2 Å². The molecule has 5 aromatic rings. The van der Waals surface area contributed by atoms with Crippen molar-refractivity contribution in [2.24, 2.45) is 5.10 Å². The van der Waals surface area contributed by atoms with E-state index >= 15 is 0 Å². The molecule has 0 N–H and O–H groups in total. The van der Waals surface area contributed by atoms with E-state index in [0.717, 1.165) is 5.39 Å². The maximum absolute atomic E-state index is 13.5. The summed E-state index contributed by atoms with van der Waals surface area (Å²) < 4.78 is 18.0. The monoisotopic (exact) mass is 515 g/mol. The number of hydrogen-bond donors (Lipinski definition) is 0. The van der Waals surface area contributed by atoms with Crippen molar-refractivity contribution in [2.75, 3.05) is 6.61 Å². The highest BCUT2D eigenvalue weighted by molar-refractivity contribution is 6.31. The van der Waals surface area contributed by atoms with Crippen LogP contribution in [0.15, 0.2) is 87.1 Å². The molecule has 0 fully saturated rings. The molecule has 5 rings (SSSR count). The minimum absolute atomic E-state index is 0.228. The normalized spacial score (nSPS) is 11.6. The Morgan fingerprint density at radius 1 is 1.11 bits per heavy atom. The number of fused-ring (bicyclic) bond motifs is 2. The standard InChI is InChI=1S/C28H22ClN3O5/c1-17(2)36-26(33)16-35-23-10-6-3-7-18(23)15-30-32-27(31-22-9-5-4-8-21(22)28(32)34)25-14-19-13-20(29)11-12-24(19)37-25/h3-15,17H,16H2,1-2H3. The Labute approximate surface area is 216 Å². The van der Waals surface area contributed by atoms with Gasteiger partial charge < -0.3 is 13.9 Å². The molecule has 3 aromatic carbocycles. The zero-order valence-electron chi connectivity index (χ0n) is 20.1. The minimum atomic E-state index is -0.482. The van der Waals surface area contributed by atoms with Gasteiger partial charge in [0, 0.05) is 16.0 Å². The lowest BCUT2D eigenvalue weighted by Gasteiger charge is -2.11. The number of furan rings is 1. The second-order valence-corrected chi connectivity index (χ2v) is 8.91. The van der Waals surface area contributed by atoms with Crippen molar-refractivity contribution in [2.45, 2.75) is 20.0 Å². The number of carbonyl (C=O) groups is 1. The van der Waals surface area contributed by atoms with Gasteiger partial charge >= 0.3 is 5.97 Å². The van der Waals surface area contributed by atoms with E-state index < -0.39 is 5.97 Å². The molecular formula is C28H22ClN3O5. The highest BCUT2D eigenvalue weighted by Crippen LogP contribution is 2.29. The summed E-state index contributed by atoms with van der Waals surface area (Å²) in [6, 6.07) is 21.1. The molecule has 0 spiro atoms. The van der Waals surface area contributed by atoms with Crippen LogP contribution in [0.5, 0.6) is 5.75 Å². The Balaban J connectivity index is 1.57. The summed E-state index contributed by atoms with van der Waals surface area (Å²) in [6.45, 7) is 3.28. The zero-order chi connectivity index (χ0) is 25.9. The number of carbonyl (C=O) groups excluding carboxylic acids is 1. The first-order valence-corrected chi connectivity index (χ1v) is 11.9. The number of aromatic nitrogens is 2. The first-order valence-electron chi connectivity index (χ1n) is 11.6. The van der Waals surface area contributed by atoms with E-state index in [-0.39, 0.29) is 24.1 Å². The first-order chi connectivity index (χ1) is 17.9. The SMILES string of the molecule is CC(C)OC(=O)COc1ccccc1C=Nn1c(-c2cc3cc(Cl)ccc3o2)nc2ccccc2c1=O. The Bertz CT molecular complexity index is 1700. The van der Waals surface area contributed by atoms with Crippen molar-refractivity contribution in [1.29, 1.82) is 0 Å². The van der Waals surface area contributed by atoms with Gasteiger partial charge in [0.15, 0.2) is 12.4 Å². The summed E-state index contributed by atoms with van der Waals surface area (Å²) in [5.41, 5.74) is 1.31. The summed E-state index contributed by atoms with van der Waals surface area (Å²) in [6.07, 6.45) is 1.23. The second-order valence-electron chi connectivity index (χ2n) is 8.47. The summed E-state index contributed by atoms with van der Waals surface area (Å²) in [5, 5.41) is 6.20. The van der Waals surface area contributed by atoms with Crippen LogP contribution in [0.2, 0.25) is 5.02 Å². The van der Waals surface area contributed by atoms with E-state index in [2.05, 4.69) is 10.1 Å². The van der Waals surface area contributed by atoms with Crippen molar-refractivity contribution in [3.8, 4) is 17.3 Å². The zero-order valence-corrected chi connectivity index (χ0v) is 20.8. The van der Waals surface area contributed by atoms with Crippen molar-refractivity contribution in [1.82, 2.24) is 9.66 Å². The Hall–Kier alpha value is -4.43. The van der Waals surface area contributed by atoms with Crippen LogP contribution >= 0.6 is 11.6 Å². The molecule has 0 aliphatic rings. The number of hydrogen-bond acceptors (Lipinski definition) is 7. The third kappa shape index (κ3) is 5.24. The fraction of sp³-hybridized carbons (Fsp3) is 0.143. The number of esters is 1. The number of halogens is 1. The third-order valence-electron chi connectivity index (χ3n) is 5.40. The second kappa shape index (κ2) is 10.3. The van der Waals surface area contributed by atoms with Crippen LogP contribution in [0, 0.1) is 0 Å². The minimum Gasteiger partial charge on any atom is -0.481 e. The summed E-state index contributed by atoms with van der Waals surface area (Å²) >= 11 is 6.13. The number of rotatable bonds is 7. The first kappa shape index (κ1) is 24.3. The quantitative estimate of drug-likeness (QED) is 0.204. The molecular weight excluding hydrogens is 494 g/mol. The van der Waals surface area contributed by atoms with Crippen molar-refractivity contribution in [3.05, 3.63) is 93.7 Å². The lowest BCUT2D eigenvalue weighted by molar-refractivity contribution is -0.149. The summed E-state index contributed by atoms with van der Waals surface area (Å²) in [4.78, 5) is 30.1. The molecule has 2 heterocycles. The molecule has 0 radical (unpaired) electrons. The molecule has 0 aliphatic carbocycles. The van der Waals surface area contributed by atoms with E-state index in [9.17, 15) is 9.59 Å². The van der Waals surface area contributed by atoms with Crippen molar-refractivity contribution in [3.63, 3.8) is 0 Å². The highest BCUT2D eigenvalue weighted by atomic mass is 35.5. The van der Waals surface area contributed by atoms with E-state index in [1.54, 1.807) is 80.6 Å². The molecule has 186 valence electrons. The van der Waals surface area contributed by atoms with Crippen LogP contribution in [-0.2, 0) is 9.53 Å². The fourth-order valence-corrected chi connectivity index (χ4v) is 3.97. The van der Waals surface area contributed by atoms with E-state index in [4.69, 9.17) is 25.5 Å². The highest BCUT2D eigenvalue weighted by Gasteiger charge is 2.17. The molecule has 0 bridgehead atoms. The van der Waals surface area contributed by atoms with Crippen LogP contribution in [0.3, 0.4) is 0 Å². The van der Waals surface area contributed by atoms with Crippen LogP contribution < -0.4 is 10.3 Å². The lowest BCUT2D eigenvalue weighted by atomic mass is 10.2. The molecule has 2 aromatic heterocycles. The average Bonchev–Trinajstić information content (AvgIpc) is 3.30. The number of nitrogens with zero attached hydrogens (tertiary/aromatic N) is 3. The van der Waals surface area contributed by atoms with Gasteiger partial charge in [-0.25, -0.2) is 9.78 Å². The molecule has 37 heavy (non-hydrogen) atoms. The molecule has 0 saturated carbocycles. The fourth-order valence-electron chi connectivity index (χ4n) is 3.79. The maximum Gasteiger partial charge on any atom is 0.344 e. The van der Waals surface area contributed by atoms with Gasteiger partial charge in [-0.1, -0.05) is 35.9 Å². The van der Waals surface area contributed by atoms with E-state index in [1.807, 2.05) is 6.07 Å². The van der Waals surface area contributed by atoms with Gasteiger partial charge in [-0.2, -0.15) is 9.78 Å². The van der Waals surface area contributed by atoms with Crippen LogP contribution in [-0.4, -0.2) is 34.6 Å². The predicted molar refractivity (Wildman–Crippen MR) is 142 cm³/mol. The Morgan fingerprint density at radius 2 is 1.89 bits per heavy atom. The Kier molecular flexibility index (Phi) is 6.74. The van der Waals surface area contributed by atoms with Gasteiger partial charge in [0.1, 0.15) is 11.3 Å². The van der Waals surface area contributed by atoms with Gasteiger partial charge in [-0.15, -0.1) is 0 Å².